The highest BCUT2D eigenvalue weighted by Gasteiger charge is 2.15. The summed E-state index contributed by atoms with van der Waals surface area (Å²) in [6.45, 7) is 0. The first kappa shape index (κ1) is 12.5. The van der Waals surface area contributed by atoms with Crippen LogP contribution in [0.5, 0.6) is 0 Å². The molecular weight excluding hydrogens is 276 g/mol. The number of fused-ring (bicyclic) bond motifs is 1. The SMILES string of the molecule is N#Cc1c[nH]n2c(=O)c(Cc3ccccc3)c(Cl)nc12. The van der Waals surface area contributed by atoms with Gasteiger partial charge in [0.2, 0.25) is 0 Å². The molecule has 1 N–H and O–H groups in total. The highest BCUT2D eigenvalue weighted by molar-refractivity contribution is 6.30. The Morgan fingerprint density at radius 2 is 2.10 bits per heavy atom. The number of rotatable bonds is 2. The third-order valence-electron chi connectivity index (χ3n) is 3.05. The second-order valence-corrected chi connectivity index (χ2v) is 4.66. The summed E-state index contributed by atoms with van der Waals surface area (Å²) in [5.41, 5.74) is 1.63. The van der Waals surface area contributed by atoms with Crippen LogP contribution in [-0.4, -0.2) is 14.6 Å². The average molecular weight is 285 g/mol. The summed E-state index contributed by atoms with van der Waals surface area (Å²) in [6, 6.07) is 11.5. The van der Waals surface area contributed by atoms with E-state index in [-0.39, 0.29) is 21.9 Å². The molecule has 2 heterocycles. The van der Waals surface area contributed by atoms with Gasteiger partial charge in [-0.15, -0.1) is 0 Å². The number of nitrogens with one attached hydrogen (secondary N) is 1. The van der Waals surface area contributed by atoms with Crippen molar-refractivity contribution in [2.24, 2.45) is 0 Å². The molecule has 2 aromatic heterocycles. The Balaban J connectivity index is 2.18. The Kier molecular flexibility index (Phi) is 3.01. The van der Waals surface area contributed by atoms with Gasteiger partial charge < -0.3 is 0 Å². The van der Waals surface area contributed by atoms with E-state index in [0.717, 1.165) is 5.56 Å². The Bertz CT molecular complexity index is 874. The fraction of sp³-hybridized carbons (Fsp3) is 0.0714. The van der Waals surface area contributed by atoms with Gasteiger partial charge in [-0.3, -0.25) is 9.89 Å². The van der Waals surface area contributed by atoms with Crippen LogP contribution in [0.4, 0.5) is 0 Å². The Hall–Kier alpha value is -2.58. The van der Waals surface area contributed by atoms with E-state index in [0.29, 0.717) is 12.0 Å². The van der Waals surface area contributed by atoms with Crippen molar-refractivity contribution in [3.8, 4) is 6.07 Å². The molecule has 0 unspecified atom stereocenters. The summed E-state index contributed by atoms with van der Waals surface area (Å²) in [6.07, 6.45) is 1.84. The molecule has 0 aliphatic heterocycles. The smallest absolute Gasteiger partial charge is 0.277 e. The lowest BCUT2D eigenvalue weighted by Gasteiger charge is -2.04. The quantitative estimate of drug-likeness (QED) is 0.733. The zero-order valence-electron chi connectivity index (χ0n) is 10.3. The second-order valence-electron chi connectivity index (χ2n) is 4.31. The topological polar surface area (TPSA) is 73.9 Å². The minimum atomic E-state index is -0.287. The van der Waals surface area contributed by atoms with Crippen molar-refractivity contribution in [3.05, 3.63) is 68.7 Å². The molecule has 0 radical (unpaired) electrons. The molecule has 0 aliphatic carbocycles. The van der Waals surface area contributed by atoms with Crippen molar-refractivity contribution >= 4 is 17.2 Å². The number of nitrogens with zero attached hydrogens (tertiary/aromatic N) is 3. The number of halogens is 1. The monoisotopic (exact) mass is 284 g/mol. The van der Waals surface area contributed by atoms with Gasteiger partial charge in [0.15, 0.2) is 5.65 Å². The van der Waals surface area contributed by atoms with E-state index in [4.69, 9.17) is 16.9 Å². The third kappa shape index (κ3) is 1.96. The van der Waals surface area contributed by atoms with Crippen LogP contribution in [0.2, 0.25) is 5.15 Å². The van der Waals surface area contributed by atoms with Crippen LogP contribution in [0.15, 0.2) is 41.3 Å². The van der Waals surface area contributed by atoms with Crippen LogP contribution in [0.1, 0.15) is 16.7 Å². The zero-order valence-corrected chi connectivity index (χ0v) is 11.1. The number of hydrogen-bond donors (Lipinski definition) is 1. The van der Waals surface area contributed by atoms with E-state index < -0.39 is 0 Å². The van der Waals surface area contributed by atoms with Gasteiger partial charge in [-0.1, -0.05) is 41.9 Å². The minimum Gasteiger partial charge on any atom is -0.295 e. The Morgan fingerprint density at radius 3 is 2.80 bits per heavy atom. The molecule has 0 fully saturated rings. The highest BCUT2D eigenvalue weighted by atomic mass is 35.5. The standard InChI is InChI=1S/C14H9ClN4O/c15-12-11(6-9-4-2-1-3-5-9)14(20)19-13(18-12)10(7-16)8-17-19/h1-5,8,17H,6H2. The van der Waals surface area contributed by atoms with Crippen molar-refractivity contribution in [2.45, 2.75) is 6.42 Å². The van der Waals surface area contributed by atoms with Gasteiger partial charge in [0.05, 0.1) is 5.56 Å². The molecule has 0 saturated heterocycles. The fourth-order valence-electron chi connectivity index (χ4n) is 2.05. The lowest BCUT2D eigenvalue weighted by Crippen LogP contribution is -2.21. The predicted octanol–water partition coefficient (Wildman–Crippen LogP) is 2.14. The molecular formula is C14H9ClN4O. The maximum Gasteiger partial charge on any atom is 0.277 e. The summed E-state index contributed by atoms with van der Waals surface area (Å²) in [5, 5.41) is 11.8. The number of hydrogen-bond acceptors (Lipinski definition) is 3. The van der Waals surface area contributed by atoms with Crippen molar-refractivity contribution < 1.29 is 0 Å². The third-order valence-corrected chi connectivity index (χ3v) is 3.36. The van der Waals surface area contributed by atoms with Gasteiger partial charge in [0, 0.05) is 12.6 Å². The molecule has 5 nitrogen and oxygen atoms in total. The summed E-state index contributed by atoms with van der Waals surface area (Å²) >= 11 is 6.10. The minimum absolute atomic E-state index is 0.134. The number of nitriles is 1. The first-order valence-corrected chi connectivity index (χ1v) is 6.31. The van der Waals surface area contributed by atoms with Crippen LogP contribution in [-0.2, 0) is 6.42 Å². The van der Waals surface area contributed by atoms with Crippen LogP contribution in [0, 0.1) is 11.3 Å². The maximum atomic E-state index is 12.4. The van der Waals surface area contributed by atoms with E-state index in [1.807, 2.05) is 36.4 Å². The van der Waals surface area contributed by atoms with Crippen molar-refractivity contribution in [3.63, 3.8) is 0 Å². The lowest BCUT2D eigenvalue weighted by molar-refractivity contribution is 0.873. The van der Waals surface area contributed by atoms with Crippen LogP contribution in [0.3, 0.4) is 0 Å². The van der Waals surface area contributed by atoms with Crippen molar-refractivity contribution in [1.82, 2.24) is 14.6 Å². The summed E-state index contributed by atoms with van der Waals surface area (Å²) < 4.78 is 1.24. The van der Waals surface area contributed by atoms with Crippen LogP contribution < -0.4 is 5.56 Å². The van der Waals surface area contributed by atoms with E-state index in [1.54, 1.807) is 0 Å². The second kappa shape index (κ2) is 4.83. The van der Waals surface area contributed by atoms with E-state index in [1.165, 1.54) is 10.7 Å². The summed E-state index contributed by atoms with van der Waals surface area (Å²) in [5.74, 6) is 0. The van der Waals surface area contributed by atoms with Gasteiger partial charge in [-0.05, 0) is 5.56 Å². The van der Waals surface area contributed by atoms with Crippen LogP contribution in [0.25, 0.3) is 5.65 Å². The molecule has 0 bridgehead atoms. The fourth-order valence-corrected chi connectivity index (χ4v) is 2.28. The van der Waals surface area contributed by atoms with E-state index in [2.05, 4.69) is 10.1 Å². The highest BCUT2D eigenvalue weighted by Crippen LogP contribution is 2.16. The number of aromatic nitrogens is 3. The summed E-state index contributed by atoms with van der Waals surface area (Å²) in [7, 11) is 0. The lowest BCUT2D eigenvalue weighted by atomic mass is 10.1. The zero-order chi connectivity index (χ0) is 14.1. The summed E-state index contributed by atoms with van der Waals surface area (Å²) in [4.78, 5) is 16.5. The Labute approximate surface area is 119 Å². The van der Waals surface area contributed by atoms with Gasteiger partial charge in [-0.2, -0.15) is 9.78 Å². The molecule has 20 heavy (non-hydrogen) atoms. The molecule has 0 amide bonds. The molecule has 3 aromatic rings. The van der Waals surface area contributed by atoms with Crippen molar-refractivity contribution in [2.75, 3.05) is 0 Å². The van der Waals surface area contributed by atoms with E-state index >= 15 is 0 Å². The van der Waals surface area contributed by atoms with Gasteiger partial charge in [0.1, 0.15) is 16.8 Å². The van der Waals surface area contributed by atoms with Gasteiger partial charge in [-0.25, -0.2) is 4.98 Å². The molecule has 3 rings (SSSR count). The molecule has 0 spiro atoms. The first-order chi connectivity index (χ1) is 9.70. The van der Waals surface area contributed by atoms with Gasteiger partial charge >= 0.3 is 0 Å². The average Bonchev–Trinajstić information content (AvgIpc) is 2.87. The first-order valence-electron chi connectivity index (χ1n) is 5.93. The Morgan fingerprint density at radius 1 is 1.35 bits per heavy atom. The number of H-pyrrole nitrogens is 1. The molecule has 1 aromatic carbocycles. The molecule has 0 aliphatic rings. The molecule has 6 heteroatoms. The molecule has 98 valence electrons. The van der Waals surface area contributed by atoms with Gasteiger partial charge in [0.25, 0.3) is 5.56 Å². The van der Waals surface area contributed by atoms with Crippen LogP contribution >= 0.6 is 11.6 Å². The predicted molar refractivity (Wildman–Crippen MR) is 74.8 cm³/mol. The van der Waals surface area contributed by atoms with E-state index in [9.17, 15) is 4.79 Å². The number of benzene rings is 1. The maximum absolute atomic E-state index is 12.4. The van der Waals surface area contributed by atoms with Crippen molar-refractivity contribution in [1.29, 1.82) is 5.26 Å². The largest absolute Gasteiger partial charge is 0.295 e. The molecule has 0 atom stereocenters. The normalized spacial score (nSPS) is 10.6. The molecule has 0 saturated carbocycles. The number of aromatic amines is 1.